The number of carbonyl (C=O) groups is 1. The van der Waals surface area contributed by atoms with Gasteiger partial charge in [-0.2, -0.15) is 0 Å². The van der Waals surface area contributed by atoms with Crippen LogP contribution in [0.5, 0.6) is 0 Å². The molecule has 5 heteroatoms. The molecule has 0 aliphatic heterocycles. The van der Waals surface area contributed by atoms with E-state index in [0.717, 1.165) is 17.3 Å². The summed E-state index contributed by atoms with van der Waals surface area (Å²) in [5, 5.41) is 3.85. The number of aldehydes is 1. The van der Waals surface area contributed by atoms with Gasteiger partial charge in [0.1, 0.15) is 24.1 Å². The van der Waals surface area contributed by atoms with Crippen molar-refractivity contribution >= 4 is 23.1 Å². The first-order chi connectivity index (χ1) is 6.83. The predicted octanol–water partition coefficient (Wildman–Crippen LogP) is 0.579. The number of nitrogens with zero attached hydrogens (tertiary/aromatic N) is 3. The Morgan fingerprint density at radius 2 is 2.43 bits per heavy atom. The van der Waals surface area contributed by atoms with Crippen molar-refractivity contribution < 1.29 is 4.79 Å². The van der Waals surface area contributed by atoms with E-state index in [9.17, 15) is 4.79 Å². The average Bonchev–Trinajstić information content (AvgIpc) is 2.58. The Morgan fingerprint density at radius 3 is 3.21 bits per heavy atom. The van der Waals surface area contributed by atoms with Crippen LogP contribution in [0.15, 0.2) is 18.6 Å². The molecule has 2 aromatic heterocycles. The molecule has 0 aliphatic carbocycles. The lowest BCUT2D eigenvalue weighted by Gasteiger charge is -2.02. The highest BCUT2D eigenvalue weighted by Gasteiger charge is 2.04. The van der Waals surface area contributed by atoms with Gasteiger partial charge in [0.25, 0.3) is 0 Å². The average molecular weight is 190 g/mol. The predicted molar refractivity (Wildman–Crippen MR) is 53.1 cm³/mol. The smallest absolute Gasteiger partial charge is 0.145 e. The van der Waals surface area contributed by atoms with Gasteiger partial charge in [-0.25, -0.2) is 9.97 Å². The van der Waals surface area contributed by atoms with Crippen LogP contribution in [0.1, 0.15) is 0 Å². The lowest BCUT2D eigenvalue weighted by molar-refractivity contribution is -0.106. The summed E-state index contributed by atoms with van der Waals surface area (Å²) in [6.07, 6.45) is 4.19. The molecular formula is C9H10N4O. The second-order valence-corrected chi connectivity index (χ2v) is 2.93. The second-order valence-electron chi connectivity index (χ2n) is 2.93. The van der Waals surface area contributed by atoms with Crippen LogP contribution in [-0.2, 0) is 11.8 Å². The van der Waals surface area contributed by atoms with Crippen molar-refractivity contribution in [3.63, 3.8) is 0 Å². The van der Waals surface area contributed by atoms with Gasteiger partial charge in [0.15, 0.2) is 0 Å². The number of fused-ring (bicyclic) bond motifs is 1. The molecule has 0 aliphatic rings. The van der Waals surface area contributed by atoms with Crippen LogP contribution in [0.3, 0.4) is 0 Å². The molecule has 5 nitrogen and oxygen atoms in total. The third kappa shape index (κ3) is 1.32. The summed E-state index contributed by atoms with van der Waals surface area (Å²) < 4.78 is 1.91. The molecule has 0 saturated carbocycles. The number of anilines is 1. The Hall–Kier alpha value is -1.91. The minimum Gasteiger partial charge on any atom is -0.363 e. The van der Waals surface area contributed by atoms with Crippen molar-refractivity contribution in [2.24, 2.45) is 7.05 Å². The fourth-order valence-electron chi connectivity index (χ4n) is 1.36. The molecule has 2 rings (SSSR count). The molecule has 0 amide bonds. The van der Waals surface area contributed by atoms with Gasteiger partial charge >= 0.3 is 0 Å². The molecule has 72 valence electrons. The number of aryl methyl sites for hydroxylation is 1. The SMILES string of the molecule is Cn1ccc2c(NCC=O)ncnc21. The van der Waals surface area contributed by atoms with Gasteiger partial charge in [-0.1, -0.05) is 0 Å². The van der Waals surface area contributed by atoms with Crippen molar-refractivity contribution in [3.05, 3.63) is 18.6 Å². The van der Waals surface area contributed by atoms with Crippen LogP contribution >= 0.6 is 0 Å². The first kappa shape index (κ1) is 8.68. The topological polar surface area (TPSA) is 59.8 Å². The molecule has 14 heavy (non-hydrogen) atoms. The zero-order chi connectivity index (χ0) is 9.97. The molecule has 0 aromatic carbocycles. The Morgan fingerprint density at radius 1 is 1.57 bits per heavy atom. The second kappa shape index (κ2) is 3.45. The number of rotatable bonds is 3. The minimum atomic E-state index is 0.265. The van der Waals surface area contributed by atoms with E-state index in [0.29, 0.717) is 5.82 Å². The quantitative estimate of drug-likeness (QED) is 0.719. The summed E-state index contributed by atoms with van der Waals surface area (Å²) in [6, 6.07) is 1.92. The van der Waals surface area contributed by atoms with Crippen molar-refractivity contribution in [1.82, 2.24) is 14.5 Å². The summed E-state index contributed by atoms with van der Waals surface area (Å²) in [4.78, 5) is 18.4. The third-order valence-electron chi connectivity index (χ3n) is 2.01. The van der Waals surface area contributed by atoms with E-state index in [1.165, 1.54) is 6.33 Å². The largest absolute Gasteiger partial charge is 0.363 e. The molecule has 0 saturated heterocycles. The number of aromatic nitrogens is 3. The molecule has 0 atom stereocenters. The van der Waals surface area contributed by atoms with Gasteiger partial charge in [-0.15, -0.1) is 0 Å². The molecule has 0 unspecified atom stereocenters. The highest BCUT2D eigenvalue weighted by molar-refractivity contribution is 5.87. The number of hydrogen-bond donors (Lipinski definition) is 1. The van der Waals surface area contributed by atoms with Crippen molar-refractivity contribution in [2.45, 2.75) is 0 Å². The van der Waals surface area contributed by atoms with Crippen LogP contribution in [0.4, 0.5) is 5.82 Å². The third-order valence-corrected chi connectivity index (χ3v) is 2.01. The van der Waals surface area contributed by atoms with Crippen molar-refractivity contribution in [1.29, 1.82) is 0 Å². The van der Waals surface area contributed by atoms with E-state index in [1.807, 2.05) is 23.9 Å². The van der Waals surface area contributed by atoms with E-state index < -0.39 is 0 Å². The van der Waals surface area contributed by atoms with Crippen LogP contribution in [0.25, 0.3) is 11.0 Å². The summed E-state index contributed by atoms with van der Waals surface area (Å²) >= 11 is 0. The molecule has 0 spiro atoms. The molecule has 1 N–H and O–H groups in total. The van der Waals surface area contributed by atoms with Crippen molar-refractivity contribution in [3.8, 4) is 0 Å². The summed E-state index contributed by atoms with van der Waals surface area (Å²) in [7, 11) is 1.92. The Labute approximate surface area is 80.8 Å². The monoisotopic (exact) mass is 190 g/mol. The van der Waals surface area contributed by atoms with Gasteiger partial charge < -0.3 is 14.7 Å². The van der Waals surface area contributed by atoms with E-state index in [4.69, 9.17) is 0 Å². The van der Waals surface area contributed by atoms with Gasteiger partial charge in [0.2, 0.25) is 0 Å². The number of nitrogens with one attached hydrogen (secondary N) is 1. The van der Waals surface area contributed by atoms with Gasteiger partial charge in [0, 0.05) is 13.2 Å². The van der Waals surface area contributed by atoms with Gasteiger partial charge in [0.05, 0.1) is 11.9 Å². The Kier molecular flexibility index (Phi) is 2.14. The maximum absolute atomic E-state index is 10.2. The van der Waals surface area contributed by atoms with E-state index in [-0.39, 0.29) is 6.54 Å². The van der Waals surface area contributed by atoms with E-state index >= 15 is 0 Å². The maximum atomic E-state index is 10.2. The number of carbonyl (C=O) groups excluding carboxylic acids is 1. The van der Waals surface area contributed by atoms with Gasteiger partial charge in [-0.05, 0) is 6.07 Å². The first-order valence-electron chi connectivity index (χ1n) is 4.26. The van der Waals surface area contributed by atoms with Crippen LogP contribution < -0.4 is 5.32 Å². The van der Waals surface area contributed by atoms with E-state index in [2.05, 4.69) is 15.3 Å². The van der Waals surface area contributed by atoms with Gasteiger partial charge in [-0.3, -0.25) is 0 Å². The minimum absolute atomic E-state index is 0.265. The molecular weight excluding hydrogens is 180 g/mol. The summed E-state index contributed by atoms with van der Waals surface area (Å²) in [5.74, 6) is 0.697. The fourth-order valence-corrected chi connectivity index (χ4v) is 1.36. The first-order valence-corrected chi connectivity index (χ1v) is 4.26. The Bertz CT molecular complexity index is 463. The van der Waals surface area contributed by atoms with E-state index in [1.54, 1.807) is 0 Å². The molecule has 2 heterocycles. The van der Waals surface area contributed by atoms with Crippen LogP contribution in [0, 0.1) is 0 Å². The fraction of sp³-hybridized carbons (Fsp3) is 0.222. The zero-order valence-electron chi connectivity index (χ0n) is 7.77. The van der Waals surface area contributed by atoms with Crippen molar-refractivity contribution in [2.75, 3.05) is 11.9 Å². The lowest BCUT2D eigenvalue weighted by atomic mass is 10.4. The standard InChI is InChI=1S/C9H10N4O/c1-13-4-2-7-8(10-3-5-14)11-6-12-9(7)13/h2,4-6H,3H2,1H3,(H,10,11,12). The number of hydrogen-bond acceptors (Lipinski definition) is 4. The normalized spacial score (nSPS) is 10.4. The Balaban J connectivity index is 2.48. The summed E-state index contributed by atoms with van der Waals surface area (Å²) in [6.45, 7) is 0.265. The highest BCUT2D eigenvalue weighted by Crippen LogP contribution is 2.18. The molecule has 0 bridgehead atoms. The zero-order valence-corrected chi connectivity index (χ0v) is 7.77. The van der Waals surface area contributed by atoms with Crippen LogP contribution in [-0.4, -0.2) is 27.4 Å². The molecule has 0 fully saturated rings. The highest BCUT2D eigenvalue weighted by atomic mass is 16.1. The molecule has 0 radical (unpaired) electrons. The lowest BCUT2D eigenvalue weighted by Crippen LogP contribution is -2.04. The summed E-state index contributed by atoms with van der Waals surface area (Å²) in [5.41, 5.74) is 0.855. The maximum Gasteiger partial charge on any atom is 0.145 e. The van der Waals surface area contributed by atoms with Crippen LogP contribution in [0.2, 0.25) is 0 Å². The molecule has 2 aromatic rings.